The molecule has 1 aliphatic rings. The number of carbonyl (C=O) groups is 1. The summed E-state index contributed by atoms with van der Waals surface area (Å²) in [4.78, 5) is 11.4. The third kappa shape index (κ3) is 5.59. The topological polar surface area (TPSA) is 103 Å². The van der Waals surface area contributed by atoms with Crippen LogP contribution in [0.25, 0.3) is 0 Å². The molecule has 0 bridgehead atoms. The third-order valence-electron chi connectivity index (χ3n) is 2.93. The minimum Gasteiger partial charge on any atom is -0.491 e. The van der Waals surface area contributed by atoms with Crippen LogP contribution in [0.1, 0.15) is 12.8 Å². The molecule has 1 atom stereocenters. The second kappa shape index (κ2) is 9.34. The molecule has 1 heterocycles. The molecule has 1 amide bonds. The Morgan fingerprint density at radius 1 is 1.41 bits per heavy atom. The van der Waals surface area contributed by atoms with Crippen LogP contribution in [0.2, 0.25) is 0 Å². The van der Waals surface area contributed by atoms with Crippen LogP contribution in [0.3, 0.4) is 0 Å². The van der Waals surface area contributed by atoms with Gasteiger partial charge < -0.3 is 30.4 Å². The molecule has 22 heavy (non-hydrogen) atoms. The Morgan fingerprint density at radius 2 is 2.18 bits per heavy atom. The predicted octanol–water partition coefficient (Wildman–Crippen LogP) is 0.432. The lowest BCUT2D eigenvalue weighted by molar-refractivity contribution is -0.121. The highest BCUT2D eigenvalue weighted by molar-refractivity contribution is 5.85. The second-order valence-corrected chi connectivity index (χ2v) is 4.68. The Morgan fingerprint density at radius 3 is 2.95 bits per heavy atom. The molecule has 1 unspecified atom stereocenters. The molecule has 0 aliphatic carbocycles. The summed E-state index contributed by atoms with van der Waals surface area (Å²) in [5, 5.41) is 12.4. The minimum atomic E-state index is -0.780. The lowest BCUT2D eigenvalue weighted by atomic mass is 10.3. The lowest BCUT2D eigenvalue weighted by Gasteiger charge is -2.13. The average molecular weight is 333 g/mol. The number of nitrogens with two attached hydrogens (primary N) is 1. The van der Waals surface area contributed by atoms with Crippen molar-refractivity contribution in [2.45, 2.75) is 18.9 Å². The summed E-state index contributed by atoms with van der Waals surface area (Å²) < 4.78 is 15.9. The number of fused-ring (bicyclic) bond motifs is 1. The number of aliphatic hydroxyl groups excluding tert-OH is 1. The Balaban J connectivity index is 0.00000242. The minimum absolute atomic E-state index is 0. The Bertz CT molecular complexity index is 486. The average Bonchev–Trinajstić information content (AvgIpc) is 2.96. The molecule has 0 radical (unpaired) electrons. The van der Waals surface area contributed by atoms with Gasteiger partial charge in [0.15, 0.2) is 11.5 Å². The fraction of sp³-hybridized carbons (Fsp3) is 0.500. The summed E-state index contributed by atoms with van der Waals surface area (Å²) in [6, 6.07) is 5.19. The van der Waals surface area contributed by atoms with E-state index in [1.807, 2.05) is 0 Å². The number of benzene rings is 1. The van der Waals surface area contributed by atoms with Gasteiger partial charge in [-0.15, -0.1) is 12.4 Å². The van der Waals surface area contributed by atoms with E-state index in [9.17, 15) is 9.90 Å². The van der Waals surface area contributed by atoms with Crippen molar-refractivity contribution < 1.29 is 24.1 Å². The van der Waals surface area contributed by atoms with Crippen LogP contribution < -0.4 is 25.3 Å². The van der Waals surface area contributed by atoms with Gasteiger partial charge in [0.05, 0.1) is 0 Å². The zero-order chi connectivity index (χ0) is 15.1. The van der Waals surface area contributed by atoms with Gasteiger partial charge in [-0.3, -0.25) is 4.79 Å². The number of hydrogen-bond donors (Lipinski definition) is 3. The van der Waals surface area contributed by atoms with Crippen molar-refractivity contribution in [3.05, 3.63) is 18.2 Å². The molecule has 0 fully saturated rings. The molecular weight excluding hydrogens is 312 g/mol. The zero-order valence-corrected chi connectivity index (χ0v) is 12.9. The first-order valence-electron chi connectivity index (χ1n) is 6.86. The molecule has 124 valence electrons. The summed E-state index contributed by atoms with van der Waals surface area (Å²) in [6.07, 6.45) is 0.222. The molecule has 8 heteroatoms. The van der Waals surface area contributed by atoms with E-state index in [0.717, 1.165) is 0 Å². The van der Waals surface area contributed by atoms with Crippen LogP contribution in [0, 0.1) is 0 Å². The molecule has 0 aromatic heterocycles. The number of carbonyl (C=O) groups excluding carboxylic acids is 1. The van der Waals surface area contributed by atoms with Crippen molar-refractivity contribution in [1.29, 1.82) is 0 Å². The number of nitrogens with one attached hydrogen (secondary N) is 1. The number of hydrogen-bond acceptors (Lipinski definition) is 6. The molecule has 1 aliphatic heterocycles. The number of aliphatic hydroxyl groups is 1. The van der Waals surface area contributed by atoms with E-state index in [0.29, 0.717) is 36.6 Å². The highest BCUT2D eigenvalue weighted by Crippen LogP contribution is 2.35. The third-order valence-corrected chi connectivity index (χ3v) is 2.93. The summed E-state index contributed by atoms with van der Waals surface area (Å²) in [5.74, 6) is 1.75. The van der Waals surface area contributed by atoms with Gasteiger partial charge in [-0.25, -0.2) is 0 Å². The highest BCUT2D eigenvalue weighted by Gasteiger charge is 2.14. The maximum atomic E-state index is 11.4. The maximum absolute atomic E-state index is 11.4. The number of ether oxygens (including phenoxy) is 3. The molecule has 2 rings (SSSR count). The summed E-state index contributed by atoms with van der Waals surface area (Å²) in [6.45, 7) is 0.907. The first kappa shape index (κ1) is 18.3. The normalized spacial score (nSPS) is 13.2. The smallest absolute Gasteiger partial charge is 0.231 e. The fourth-order valence-electron chi connectivity index (χ4n) is 1.80. The molecule has 1 aromatic rings. The highest BCUT2D eigenvalue weighted by atomic mass is 35.5. The van der Waals surface area contributed by atoms with Crippen molar-refractivity contribution in [2.24, 2.45) is 5.73 Å². The number of halogens is 1. The maximum Gasteiger partial charge on any atom is 0.231 e. The largest absolute Gasteiger partial charge is 0.491 e. The van der Waals surface area contributed by atoms with Crippen molar-refractivity contribution in [1.82, 2.24) is 5.32 Å². The van der Waals surface area contributed by atoms with Gasteiger partial charge in [-0.1, -0.05) is 0 Å². The summed E-state index contributed by atoms with van der Waals surface area (Å²) in [5.41, 5.74) is 5.32. The van der Waals surface area contributed by atoms with E-state index in [-0.39, 0.29) is 38.3 Å². The van der Waals surface area contributed by atoms with Crippen LogP contribution in [-0.4, -0.2) is 43.6 Å². The number of rotatable bonds is 8. The van der Waals surface area contributed by atoms with Crippen LogP contribution in [0.4, 0.5) is 0 Å². The van der Waals surface area contributed by atoms with E-state index in [1.54, 1.807) is 18.2 Å². The van der Waals surface area contributed by atoms with Crippen LogP contribution in [0.15, 0.2) is 18.2 Å². The van der Waals surface area contributed by atoms with E-state index in [1.165, 1.54) is 0 Å². The molecule has 0 spiro atoms. The molecule has 1 aromatic carbocycles. The summed E-state index contributed by atoms with van der Waals surface area (Å²) >= 11 is 0. The van der Waals surface area contributed by atoms with E-state index in [2.05, 4.69) is 5.32 Å². The monoisotopic (exact) mass is 332 g/mol. The SMILES string of the molecule is Cl.NCCCC(=O)NCC(O)COc1ccc2c(c1)OCO2. The predicted molar refractivity (Wildman–Crippen MR) is 82.6 cm³/mol. The summed E-state index contributed by atoms with van der Waals surface area (Å²) in [7, 11) is 0. The number of amides is 1. The Labute approximate surface area is 135 Å². The van der Waals surface area contributed by atoms with Crippen LogP contribution in [0.5, 0.6) is 17.2 Å². The zero-order valence-electron chi connectivity index (χ0n) is 12.1. The Hall–Kier alpha value is -1.70. The van der Waals surface area contributed by atoms with E-state index >= 15 is 0 Å². The molecule has 4 N–H and O–H groups in total. The van der Waals surface area contributed by atoms with Gasteiger partial charge in [0.25, 0.3) is 0 Å². The standard InChI is InChI=1S/C14H20N2O5.ClH/c15-5-1-2-14(18)16-7-10(17)8-19-11-3-4-12-13(6-11)21-9-20-12;/h3-4,6,10,17H,1-2,5,7-9,15H2,(H,16,18);1H. The first-order chi connectivity index (χ1) is 10.2. The van der Waals surface area contributed by atoms with E-state index < -0.39 is 6.10 Å². The van der Waals surface area contributed by atoms with Gasteiger partial charge in [-0.05, 0) is 25.1 Å². The van der Waals surface area contributed by atoms with Gasteiger partial charge in [0, 0.05) is 19.0 Å². The Kier molecular flexibility index (Phi) is 7.79. The molecule has 0 saturated heterocycles. The van der Waals surface area contributed by atoms with Gasteiger partial charge in [0.2, 0.25) is 12.7 Å². The quantitative estimate of drug-likeness (QED) is 0.638. The van der Waals surface area contributed by atoms with Gasteiger partial charge in [0.1, 0.15) is 18.5 Å². The van der Waals surface area contributed by atoms with Crippen LogP contribution in [-0.2, 0) is 4.79 Å². The molecular formula is C14H21ClN2O5. The fourth-order valence-corrected chi connectivity index (χ4v) is 1.80. The van der Waals surface area contributed by atoms with Crippen molar-refractivity contribution in [2.75, 3.05) is 26.5 Å². The second-order valence-electron chi connectivity index (χ2n) is 4.68. The van der Waals surface area contributed by atoms with Crippen molar-refractivity contribution in [3.63, 3.8) is 0 Å². The first-order valence-corrected chi connectivity index (χ1v) is 6.86. The van der Waals surface area contributed by atoms with Gasteiger partial charge >= 0.3 is 0 Å². The molecule has 7 nitrogen and oxygen atoms in total. The van der Waals surface area contributed by atoms with Gasteiger partial charge in [-0.2, -0.15) is 0 Å². The van der Waals surface area contributed by atoms with Crippen molar-refractivity contribution in [3.8, 4) is 17.2 Å². The van der Waals surface area contributed by atoms with E-state index in [4.69, 9.17) is 19.9 Å². The lowest BCUT2D eigenvalue weighted by Crippen LogP contribution is -2.35. The van der Waals surface area contributed by atoms with Crippen LogP contribution >= 0.6 is 12.4 Å². The molecule has 0 saturated carbocycles. The van der Waals surface area contributed by atoms with Crippen molar-refractivity contribution >= 4 is 18.3 Å².